The van der Waals surface area contributed by atoms with Gasteiger partial charge in [0.1, 0.15) is 12.2 Å². The number of carboxylic acids is 1. The zero-order valence-corrected chi connectivity index (χ0v) is 11.6. The Hall–Kier alpha value is -1.78. The molecular weight excluding hydrogens is 306 g/mol. The Bertz CT molecular complexity index is 659. The van der Waals surface area contributed by atoms with Gasteiger partial charge in [-0.15, -0.1) is 0 Å². The zero-order valence-electron chi connectivity index (χ0n) is 10.1. The summed E-state index contributed by atoms with van der Waals surface area (Å²) >= 11 is 11.7. The zero-order chi connectivity index (χ0) is 14.7. The molecule has 6 heteroatoms. The maximum absolute atomic E-state index is 13.6. The van der Waals surface area contributed by atoms with Gasteiger partial charge >= 0.3 is 5.97 Å². The second-order valence-electron chi connectivity index (χ2n) is 3.95. The summed E-state index contributed by atoms with van der Waals surface area (Å²) in [6.07, 6.45) is 0. The summed E-state index contributed by atoms with van der Waals surface area (Å²) in [5, 5.41) is 9.82. The average Bonchev–Trinajstić information content (AvgIpc) is 2.38. The molecule has 2 aromatic carbocycles. The highest BCUT2D eigenvalue weighted by atomic mass is 35.5. The lowest BCUT2D eigenvalue weighted by molar-refractivity contribution is 0.0690. The minimum absolute atomic E-state index is 0.0583. The van der Waals surface area contributed by atoms with Crippen LogP contribution >= 0.6 is 23.2 Å². The van der Waals surface area contributed by atoms with Gasteiger partial charge in [0.15, 0.2) is 11.6 Å². The van der Waals surface area contributed by atoms with Crippen LogP contribution in [0.1, 0.15) is 15.9 Å². The number of carboxylic acid groups (broad SMARTS) is 1. The molecule has 1 N–H and O–H groups in total. The standard InChI is InChI=1S/C14H9Cl2FO3/c15-9-5-4-8(11(16)6-9)7-20-13-10(14(18)19)2-1-3-12(13)17/h1-6H,7H2,(H,18,19). The van der Waals surface area contributed by atoms with Crippen LogP contribution in [0.25, 0.3) is 0 Å². The summed E-state index contributed by atoms with van der Waals surface area (Å²) in [6.45, 7) is -0.0583. The lowest BCUT2D eigenvalue weighted by Crippen LogP contribution is -2.05. The molecule has 0 saturated heterocycles. The average molecular weight is 315 g/mol. The van der Waals surface area contributed by atoms with Gasteiger partial charge in [0.05, 0.1) is 0 Å². The van der Waals surface area contributed by atoms with E-state index in [9.17, 15) is 9.18 Å². The fourth-order valence-corrected chi connectivity index (χ4v) is 2.08. The van der Waals surface area contributed by atoms with E-state index in [1.807, 2.05) is 0 Å². The van der Waals surface area contributed by atoms with E-state index < -0.39 is 11.8 Å². The van der Waals surface area contributed by atoms with Crippen LogP contribution in [0.4, 0.5) is 4.39 Å². The maximum atomic E-state index is 13.6. The molecule has 0 atom stereocenters. The van der Waals surface area contributed by atoms with E-state index in [1.165, 1.54) is 18.2 Å². The smallest absolute Gasteiger partial charge is 0.339 e. The van der Waals surface area contributed by atoms with Crippen LogP contribution in [0.15, 0.2) is 36.4 Å². The van der Waals surface area contributed by atoms with Crippen molar-refractivity contribution in [1.82, 2.24) is 0 Å². The number of para-hydroxylation sites is 1. The molecular formula is C14H9Cl2FO3. The van der Waals surface area contributed by atoms with E-state index >= 15 is 0 Å². The third-order valence-electron chi connectivity index (χ3n) is 2.58. The normalized spacial score (nSPS) is 10.3. The monoisotopic (exact) mass is 314 g/mol. The van der Waals surface area contributed by atoms with Crippen molar-refractivity contribution in [2.75, 3.05) is 0 Å². The highest BCUT2D eigenvalue weighted by Crippen LogP contribution is 2.26. The van der Waals surface area contributed by atoms with Crippen LogP contribution in [0.2, 0.25) is 10.0 Å². The fraction of sp³-hybridized carbons (Fsp3) is 0.0714. The van der Waals surface area contributed by atoms with Gasteiger partial charge in [-0.05, 0) is 24.3 Å². The molecule has 0 saturated carbocycles. The second-order valence-corrected chi connectivity index (χ2v) is 4.79. The molecule has 0 aromatic heterocycles. The Morgan fingerprint density at radius 3 is 2.65 bits per heavy atom. The fourth-order valence-electron chi connectivity index (χ4n) is 1.61. The van der Waals surface area contributed by atoms with Crippen LogP contribution in [-0.2, 0) is 6.61 Å². The molecule has 0 aliphatic carbocycles. The topological polar surface area (TPSA) is 46.5 Å². The van der Waals surface area contributed by atoms with Crippen LogP contribution in [-0.4, -0.2) is 11.1 Å². The molecule has 0 heterocycles. The molecule has 0 aliphatic heterocycles. The molecule has 0 spiro atoms. The molecule has 104 valence electrons. The highest BCUT2D eigenvalue weighted by Gasteiger charge is 2.16. The molecule has 0 radical (unpaired) electrons. The van der Waals surface area contributed by atoms with Gasteiger partial charge in [0, 0.05) is 15.6 Å². The summed E-state index contributed by atoms with van der Waals surface area (Å²) < 4.78 is 18.9. The first-order valence-electron chi connectivity index (χ1n) is 5.57. The van der Waals surface area contributed by atoms with E-state index in [-0.39, 0.29) is 17.9 Å². The minimum atomic E-state index is -1.26. The largest absolute Gasteiger partial charge is 0.485 e. The quantitative estimate of drug-likeness (QED) is 0.909. The maximum Gasteiger partial charge on any atom is 0.339 e. The molecule has 2 rings (SSSR count). The lowest BCUT2D eigenvalue weighted by atomic mass is 10.2. The van der Waals surface area contributed by atoms with Gasteiger partial charge < -0.3 is 9.84 Å². The Balaban J connectivity index is 2.25. The number of rotatable bonds is 4. The van der Waals surface area contributed by atoms with E-state index in [0.717, 1.165) is 6.07 Å². The predicted octanol–water partition coefficient (Wildman–Crippen LogP) is 4.41. The SMILES string of the molecule is O=C(O)c1cccc(F)c1OCc1ccc(Cl)cc1Cl. The number of aromatic carboxylic acids is 1. The van der Waals surface area contributed by atoms with Crippen LogP contribution in [0, 0.1) is 5.82 Å². The van der Waals surface area contributed by atoms with Crippen molar-refractivity contribution in [2.24, 2.45) is 0 Å². The van der Waals surface area contributed by atoms with E-state index in [1.54, 1.807) is 12.1 Å². The van der Waals surface area contributed by atoms with Crippen molar-refractivity contribution in [3.05, 3.63) is 63.4 Å². The summed E-state index contributed by atoms with van der Waals surface area (Å²) in [7, 11) is 0. The first-order chi connectivity index (χ1) is 9.49. The summed E-state index contributed by atoms with van der Waals surface area (Å²) in [5.74, 6) is -2.32. The van der Waals surface area contributed by atoms with Crippen molar-refractivity contribution in [1.29, 1.82) is 0 Å². The number of carbonyl (C=O) groups is 1. The lowest BCUT2D eigenvalue weighted by Gasteiger charge is -2.11. The van der Waals surface area contributed by atoms with Gasteiger partial charge in [-0.3, -0.25) is 0 Å². The molecule has 0 fully saturated rings. The number of ether oxygens (including phenoxy) is 1. The van der Waals surface area contributed by atoms with Crippen molar-refractivity contribution in [3.8, 4) is 5.75 Å². The first kappa shape index (κ1) is 14.6. The Kier molecular flexibility index (Phi) is 4.47. The van der Waals surface area contributed by atoms with Crippen LogP contribution < -0.4 is 4.74 Å². The molecule has 0 amide bonds. The molecule has 2 aromatic rings. The Morgan fingerprint density at radius 1 is 1.25 bits per heavy atom. The second kappa shape index (κ2) is 6.11. The highest BCUT2D eigenvalue weighted by molar-refractivity contribution is 6.35. The van der Waals surface area contributed by atoms with Gasteiger partial charge in [-0.2, -0.15) is 0 Å². The van der Waals surface area contributed by atoms with E-state index in [4.69, 9.17) is 33.0 Å². The van der Waals surface area contributed by atoms with Crippen LogP contribution in [0.3, 0.4) is 0 Å². The number of benzene rings is 2. The van der Waals surface area contributed by atoms with E-state index in [2.05, 4.69) is 0 Å². The van der Waals surface area contributed by atoms with E-state index in [0.29, 0.717) is 15.6 Å². The van der Waals surface area contributed by atoms with Crippen molar-refractivity contribution in [2.45, 2.75) is 6.61 Å². The Morgan fingerprint density at radius 2 is 2.00 bits per heavy atom. The van der Waals surface area contributed by atoms with Crippen LogP contribution in [0.5, 0.6) is 5.75 Å². The third-order valence-corrected chi connectivity index (χ3v) is 3.17. The first-order valence-corrected chi connectivity index (χ1v) is 6.33. The Labute approximate surface area is 124 Å². The van der Waals surface area contributed by atoms with Gasteiger partial charge in [-0.25, -0.2) is 9.18 Å². The molecule has 0 unspecified atom stereocenters. The summed E-state index contributed by atoms with van der Waals surface area (Å²) in [6, 6.07) is 8.48. The van der Waals surface area contributed by atoms with Crippen molar-refractivity contribution >= 4 is 29.2 Å². The minimum Gasteiger partial charge on any atom is -0.485 e. The predicted molar refractivity (Wildman–Crippen MR) is 74.2 cm³/mol. The number of hydrogen-bond donors (Lipinski definition) is 1. The number of hydrogen-bond acceptors (Lipinski definition) is 2. The third kappa shape index (κ3) is 3.21. The molecule has 0 bridgehead atoms. The molecule has 3 nitrogen and oxygen atoms in total. The van der Waals surface area contributed by atoms with Gasteiger partial charge in [0.2, 0.25) is 0 Å². The van der Waals surface area contributed by atoms with Crippen molar-refractivity contribution in [3.63, 3.8) is 0 Å². The number of halogens is 3. The van der Waals surface area contributed by atoms with Crippen molar-refractivity contribution < 1.29 is 19.0 Å². The summed E-state index contributed by atoms with van der Waals surface area (Å²) in [5.41, 5.74) is 0.339. The van der Waals surface area contributed by atoms with Gasteiger partial charge in [-0.1, -0.05) is 35.3 Å². The molecule has 0 aliphatic rings. The van der Waals surface area contributed by atoms with Gasteiger partial charge in [0.25, 0.3) is 0 Å². The summed E-state index contributed by atoms with van der Waals surface area (Å²) in [4.78, 5) is 11.0. The molecule has 20 heavy (non-hydrogen) atoms.